The highest BCUT2D eigenvalue weighted by atomic mass is 14.9. The summed E-state index contributed by atoms with van der Waals surface area (Å²) >= 11 is 0. The van der Waals surface area contributed by atoms with E-state index in [0.29, 0.717) is 17.4 Å². The van der Waals surface area contributed by atoms with Crippen LogP contribution in [0.5, 0.6) is 0 Å². The number of rotatable bonds is 4. The van der Waals surface area contributed by atoms with Crippen molar-refractivity contribution in [2.75, 3.05) is 6.54 Å². The summed E-state index contributed by atoms with van der Waals surface area (Å²) in [6.45, 7) is 14.7. The molecule has 1 aromatic carbocycles. The van der Waals surface area contributed by atoms with E-state index in [9.17, 15) is 0 Å². The Hall–Kier alpha value is -0.820. The zero-order chi connectivity index (χ0) is 13.1. The van der Waals surface area contributed by atoms with Crippen molar-refractivity contribution in [2.45, 2.75) is 47.6 Å². The third-order valence-corrected chi connectivity index (χ3v) is 3.75. The standard InChI is InChI=1S/C16H27N/c1-12-8-7-9-15(10-12)14(3)17-11-13(2)16(4,5)6/h7-10,13-14,17H,11H2,1-6H3/t13?,14-/m1/s1. The van der Waals surface area contributed by atoms with Gasteiger partial charge in [-0.05, 0) is 37.3 Å². The molecule has 1 rings (SSSR count). The van der Waals surface area contributed by atoms with Gasteiger partial charge < -0.3 is 5.32 Å². The van der Waals surface area contributed by atoms with Gasteiger partial charge in [0.25, 0.3) is 0 Å². The first-order valence-corrected chi connectivity index (χ1v) is 6.60. The Bertz CT molecular complexity index is 349. The van der Waals surface area contributed by atoms with E-state index in [4.69, 9.17) is 0 Å². The van der Waals surface area contributed by atoms with Crippen molar-refractivity contribution < 1.29 is 0 Å². The molecule has 0 spiro atoms. The molecule has 0 aliphatic rings. The molecule has 0 aromatic heterocycles. The van der Waals surface area contributed by atoms with Crippen LogP contribution in [0, 0.1) is 18.3 Å². The summed E-state index contributed by atoms with van der Waals surface area (Å²) < 4.78 is 0. The fraction of sp³-hybridized carbons (Fsp3) is 0.625. The van der Waals surface area contributed by atoms with Gasteiger partial charge in [-0.25, -0.2) is 0 Å². The van der Waals surface area contributed by atoms with E-state index in [-0.39, 0.29) is 0 Å². The first-order valence-electron chi connectivity index (χ1n) is 6.60. The number of hydrogen-bond acceptors (Lipinski definition) is 1. The smallest absolute Gasteiger partial charge is 0.0292 e. The minimum absolute atomic E-state index is 0.374. The molecule has 1 nitrogen and oxygen atoms in total. The first kappa shape index (κ1) is 14.2. The molecule has 0 fully saturated rings. The Balaban J connectivity index is 2.53. The molecule has 0 bridgehead atoms. The minimum Gasteiger partial charge on any atom is -0.310 e. The zero-order valence-corrected chi connectivity index (χ0v) is 12.2. The molecule has 0 aliphatic carbocycles. The van der Waals surface area contributed by atoms with Gasteiger partial charge in [-0.15, -0.1) is 0 Å². The SMILES string of the molecule is Cc1cccc([C@@H](C)NCC(C)C(C)(C)C)c1. The molecule has 1 unspecified atom stereocenters. The predicted molar refractivity (Wildman–Crippen MR) is 76.2 cm³/mol. The van der Waals surface area contributed by atoms with Gasteiger partial charge in [0.2, 0.25) is 0 Å². The van der Waals surface area contributed by atoms with Crippen molar-refractivity contribution in [1.82, 2.24) is 5.32 Å². The summed E-state index contributed by atoms with van der Waals surface area (Å²) in [6, 6.07) is 9.18. The van der Waals surface area contributed by atoms with E-state index in [1.54, 1.807) is 0 Å². The lowest BCUT2D eigenvalue weighted by atomic mass is 9.82. The number of hydrogen-bond donors (Lipinski definition) is 1. The van der Waals surface area contributed by atoms with Crippen LogP contribution in [0.4, 0.5) is 0 Å². The molecule has 96 valence electrons. The molecule has 0 amide bonds. The lowest BCUT2D eigenvalue weighted by Gasteiger charge is -2.29. The van der Waals surface area contributed by atoms with Crippen molar-refractivity contribution in [3.8, 4) is 0 Å². The third-order valence-electron chi connectivity index (χ3n) is 3.75. The molecular weight excluding hydrogens is 206 g/mol. The van der Waals surface area contributed by atoms with Crippen molar-refractivity contribution in [3.63, 3.8) is 0 Å². The highest BCUT2D eigenvalue weighted by Gasteiger charge is 2.20. The first-order chi connectivity index (χ1) is 7.80. The van der Waals surface area contributed by atoms with Crippen LogP contribution < -0.4 is 5.32 Å². The van der Waals surface area contributed by atoms with E-state index in [2.05, 4.69) is 71.1 Å². The maximum Gasteiger partial charge on any atom is 0.0292 e. The average Bonchev–Trinajstić information content (AvgIpc) is 2.24. The number of nitrogens with one attached hydrogen (secondary N) is 1. The topological polar surface area (TPSA) is 12.0 Å². The van der Waals surface area contributed by atoms with Crippen LogP contribution >= 0.6 is 0 Å². The third kappa shape index (κ3) is 4.51. The second kappa shape index (κ2) is 5.68. The van der Waals surface area contributed by atoms with Crippen LogP contribution in [0.25, 0.3) is 0 Å². The summed E-state index contributed by atoms with van der Waals surface area (Å²) in [5.41, 5.74) is 3.09. The Kier molecular flexibility index (Phi) is 4.76. The predicted octanol–water partition coefficient (Wildman–Crippen LogP) is 4.33. The lowest BCUT2D eigenvalue weighted by Crippen LogP contribution is -2.31. The maximum absolute atomic E-state index is 3.63. The fourth-order valence-electron chi connectivity index (χ4n) is 1.72. The van der Waals surface area contributed by atoms with Crippen molar-refractivity contribution in [3.05, 3.63) is 35.4 Å². The molecule has 0 saturated carbocycles. The van der Waals surface area contributed by atoms with Gasteiger partial charge in [-0.1, -0.05) is 57.5 Å². The molecule has 0 heterocycles. The summed E-state index contributed by atoms with van der Waals surface area (Å²) in [6.07, 6.45) is 0. The second-order valence-electron chi connectivity index (χ2n) is 6.31. The zero-order valence-electron chi connectivity index (χ0n) is 12.2. The monoisotopic (exact) mass is 233 g/mol. The van der Waals surface area contributed by atoms with E-state index in [1.807, 2.05) is 0 Å². The lowest BCUT2D eigenvalue weighted by molar-refractivity contribution is 0.247. The van der Waals surface area contributed by atoms with Crippen molar-refractivity contribution in [1.29, 1.82) is 0 Å². The summed E-state index contributed by atoms with van der Waals surface area (Å²) in [4.78, 5) is 0. The highest BCUT2D eigenvalue weighted by molar-refractivity contribution is 5.24. The van der Waals surface area contributed by atoms with E-state index >= 15 is 0 Å². The molecule has 0 saturated heterocycles. The van der Waals surface area contributed by atoms with Crippen LogP contribution in [0.3, 0.4) is 0 Å². The molecule has 0 radical (unpaired) electrons. The quantitative estimate of drug-likeness (QED) is 0.816. The van der Waals surface area contributed by atoms with Gasteiger partial charge in [0.05, 0.1) is 0 Å². The normalized spacial score (nSPS) is 15.6. The van der Waals surface area contributed by atoms with Gasteiger partial charge in [-0.2, -0.15) is 0 Å². The Morgan fingerprint density at radius 3 is 2.35 bits per heavy atom. The number of benzene rings is 1. The molecule has 1 aromatic rings. The Labute approximate surface area is 107 Å². The number of aryl methyl sites for hydroxylation is 1. The van der Waals surface area contributed by atoms with Crippen LogP contribution in [-0.2, 0) is 0 Å². The van der Waals surface area contributed by atoms with E-state index < -0.39 is 0 Å². The van der Waals surface area contributed by atoms with Crippen LogP contribution in [0.1, 0.15) is 51.8 Å². The van der Waals surface area contributed by atoms with Gasteiger partial charge in [0, 0.05) is 6.04 Å². The molecule has 17 heavy (non-hydrogen) atoms. The molecular formula is C16H27N. The van der Waals surface area contributed by atoms with Gasteiger partial charge in [0.15, 0.2) is 0 Å². The summed E-state index contributed by atoms with van der Waals surface area (Å²) in [5.74, 6) is 0.676. The van der Waals surface area contributed by atoms with Gasteiger partial charge in [-0.3, -0.25) is 0 Å². The Morgan fingerprint density at radius 1 is 1.18 bits per heavy atom. The van der Waals surface area contributed by atoms with Crippen molar-refractivity contribution >= 4 is 0 Å². The molecule has 1 heteroatoms. The molecule has 1 N–H and O–H groups in total. The van der Waals surface area contributed by atoms with Gasteiger partial charge in [0.1, 0.15) is 0 Å². The van der Waals surface area contributed by atoms with Crippen LogP contribution in [0.15, 0.2) is 24.3 Å². The second-order valence-corrected chi connectivity index (χ2v) is 6.31. The van der Waals surface area contributed by atoms with Gasteiger partial charge >= 0.3 is 0 Å². The van der Waals surface area contributed by atoms with Crippen LogP contribution in [-0.4, -0.2) is 6.54 Å². The largest absolute Gasteiger partial charge is 0.310 e. The highest BCUT2D eigenvalue weighted by Crippen LogP contribution is 2.25. The maximum atomic E-state index is 3.63. The van der Waals surface area contributed by atoms with Crippen LogP contribution in [0.2, 0.25) is 0 Å². The minimum atomic E-state index is 0.374. The summed E-state index contributed by atoms with van der Waals surface area (Å²) in [7, 11) is 0. The fourth-order valence-corrected chi connectivity index (χ4v) is 1.72. The summed E-state index contributed by atoms with van der Waals surface area (Å²) in [5, 5.41) is 3.63. The van der Waals surface area contributed by atoms with E-state index in [1.165, 1.54) is 11.1 Å². The molecule has 0 aliphatic heterocycles. The average molecular weight is 233 g/mol. The molecule has 2 atom stereocenters. The van der Waals surface area contributed by atoms with E-state index in [0.717, 1.165) is 6.54 Å². The van der Waals surface area contributed by atoms with Crippen molar-refractivity contribution in [2.24, 2.45) is 11.3 Å². The Morgan fingerprint density at radius 2 is 1.82 bits per heavy atom.